The minimum Gasteiger partial charge on any atom is -0.330 e. The molecule has 0 fully saturated rings. The molecule has 2 aromatic rings. The predicted molar refractivity (Wildman–Crippen MR) is 76.9 cm³/mol. The summed E-state index contributed by atoms with van der Waals surface area (Å²) in [6.07, 6.45) is 3.19. The molecule has 0 bridgehead atoms. The minimum absolute atomic E-state index is 0.770. The van der Waals surface area contributed by atoms with Gasteiger partial charge >= 0.3 is 0 Å². The third kappa shape index (κ3) is 2.41. The third-order valence-corrected chi connectivity index (χ3v) is 3.59. The van der Waals surface area contributed by atoms with Crippen LogP contribution in [0.15, 0.2) is 12.1 Å². The Hall–Kier alpha value is -1.35. The summed E-state index contributed by atoms with van der Waals surface area (Å²) < 4.78 is 2.36. The number of nitrogens with two attached hydrogens (primary N) is 1. The van der Waals surface area contributed by atoms with E-state index in [1.807, 2.05) is 0 Å². The first-order valence-electron chi connectivity index (χ1n) is 6.83. The molecule has 1 heterocycles. The Balaban J connectivity index is 2.44. The van der Waals surface area contributed by atoms with Crippen LogP contribution in [0, 0.1) is 13.8 Å². The van der Waals surface area contributed by atoms with Crippen molar-refractivity contribution in [3.8, 4) is 0 Å². The Bertz CT molecular complexity index is 540. The highest BCUT2D eigenvalue weighted by Crippen LogP contribution is 2.21. The van der Waals surface area contributed by atoms with Crippen LogP contribution in [0.2, 0.25) is 0 Å². The maximum absolute atomic E-state index is 5.57. The lowest BCUT2D eigenvalue weighted by Gasteiger charge is -2.08. The van der Waals surface area contributed by atoms with Crippen molar-refractivity contribution < 1.29 is 0 Å². The zero-order chi connectivity index (χ0) is 13.1. The van der Waals surface area contributed by atoms with Crippen molar-refractivity contribution in [1.29, 1.82) is 0 Å². The fourth-order valence-corrected chi connectivity index (χ4v) is 2.36. The molecular formula is C15H23N3. The van der Waals surface area contributed by atoms with Crippen molar-refractivity contribution in [3.05, 3.63) is 29.1 Å². The van der Waals surface area contributed by atoms with Crippen molar-refractivity contribution in [3.63, 3.8) is 0 Å². The summed E-state index contributed by atoms with van der Waals surface area (Å²) in [6.45, 7) is 8.28. The van der Waals surface area contributed by atoms with Crippen LogP contribution in [0.5, 0.6) is 0 Å². The number of benzene rings is 1. The minimum atomic E-state index is 0.770. The first-order valence-corrected chi connectivity index (χ1v) is 6.83. The Morgan fingerprint density at radius 2 is 1.89 bits per heavy atom. The molecule has 1 aromatic heterocycles. The van der Waals surface area contributed by atoms with Crippen molar-refractivity contribution >= 4 is 11.0 Å². The highest BCUT2D eigenvalue weighted by molar-refractivity contribution is 5.78. The summed E-state index contributed by atoms with van der Waals surface area (Å²) in [5.74, 6) is 1.19. The van der Waals surface area contributed by atoms with Gasteiger partial charge in [-0.25, -0.2) is 4.98 Å². The zero-order valence-corrected chi connectivity index (χ0v) is 11.7. The molecule has 0 aliphatic heterocycles. The first-order chi connectivity index (χ1) is 8.67. The van der Waals surface area contributed by atoms with Gasteiger partial charge in [-0.2, -0.15) is 0 Å². The second-order valence-electron chi connectivity index (χ2n) is 4.95. The van der Waals surface area contributed by atoms with Crippen LogP contribution in [0.4, 0.5) is 0 Å². The van der Waals surface area contributed by atoms with Crippen LogP contribution in [0.25, 0.3) is 11.0 Å². The van der Waals surface area contributed by atoms with E-state index in [1.165, 1.54) is 22.5 Å². The van der Waals surface area contributed by atoms with Gasteiger partial charge in [-0.3, -0.25) is 0 Å². The summed E-state index contributed by atoms with van der Waals surface area (Å²) in [5.41, 5.74) is 10.6. The molecule has 0 saturated carbocycles. The molecule has 98 valence electrons. The maximum Gasteiger partial charge on any atom is 0.109 e. The molecule has 0 spiro atoms. The summed E-state index contributed by atoms with van der Waals surface area (Å²) in [6, 6.07) is 4.46. The van der Waals surface area contributed by atoms with E-state index in [0.29, 0.717) is 0 Å². The molecule has 0 radical (unpaired) electrons. The number of imidazole rings is 1. The summed E-state index contributed by atoms with van der Waals surface area (Å²) in [4.78, 5) is 4.74. The fraction of sp³-hybridized carbons (Fsp3) is 0.533. The number of aryl methyl sites for hydroxylation is 4. The standard InChI is InChI=1S/C15H23N3/c1-4-15-17-13-9-11(2)12(3)10-14(13)18(15)8-6-5-7-16/h9-10H,4-8,16H2,1-3H3. The molecule has 2 N–H and O–H groups in total. The highest BCUT2D eigenvalue weighted by Gasteiger charge is 2.10. The molecule has 3 nitrogen and oxygen atoms in total. The smallest absolute Gasteiger partial charge is 0.109 e. The van der Waals surface area contributed by atoms with Crippen molar-refractivity contribution in [2.24, 2.45) is 5.73 Å². The average molecular weight is 245 g/mol. The van der Waals surface area contributed by atoms with Crippen LogP contribution >= 0.6 is 0 Å². The molecule has 0 aliphatic rings. The largest absolute Gasteiger partial charge is 0.330 e. The number of rotatable bonds is 5. The Kier molecular flexibility index (Phi) is 4.02. The molecule has 0 saturated heterocycles. The lowest BCUT2D eigenvalue weighted by molar-refractivity contribution is 0.605. The number of aromatic nitrogens is 2. The van der Waals surface area contributed by atoms with Crippen LogP contribution < -0.4 is 5.73 Å². The van der Waals surface area contributed by atoms with Gasteiger partial charge in [0.2, 0.25) is 0 Å². The zero-order valence-electron chi connectivity index (χ0n) is 11.7. The van der Waals surface area contributed by atoms with Gasteiger partial charge in [0.05, 0.1) is 11.0 Å². The average Bonchev–Trinajstić information content (AvgIpc) is 2.68. The van der Waals surface area contributed by atoms with Gasteiger partial charge in [0.1, 0.15) is 5.82 Å². The van der Waals surface area contributed by atoms with E-state index in [-0.39, 0.29) is 0 Å². The fourth-order valence-electron chi connectivity index (χ4n) is 2.36. The number of fused-ring (bicyclic) bond motifs is 1. The van der Waals surface area contributed by atoms with Gasteiger partial charge in [-0.05, 0) is 56.5 Å². The quantitative estimate of drug-likeness (QED) is 0.823. The van der Waals surface area contributed by atoms with E-state index in [4.69, 9.17) is 10.7 Å². The van der Waals surface area contributed by atoms with Gasteiger partial charge in [-0.1, -0.05) is 6.92 Å². The topological polar surface area (TPSA) is 43.8 Å². The van der Waals surface area contributed by atoms with E-state index in [9.17, 15) is 0 Å². The molecule has 1 aromatic carbocycles. The van der Waals surface area contributed by atoms with Crippen LogP contribution in [0.3, 0.4) is 0 Å². The van der Waals surface area contributed by atoms with E-state index < -0.39 is 0 Å². The Morgan fingerprint density at radius 3 is 2.56 bits per heavy atom. The first kappa shape index (κ1) is 13.1. The highest BCUT2D eigenvalue weighted by atomic mass is 15.1. The van der Waals surface area contributed by atoms with Gasteiger partial charge < -0.3 is 10.3 Å². The molecule has 0 amide bonds. The van der Waals surface area contributed by atoms with Crippen LogP contribution in [-0.2, 0) is 13.0 Å². The summed E-state index contributed by atoms with van der Waals surface area (Å²) >= 11 is 0. The van der Waals surface area contributed by atoms with E-state index in [2.05, 4.69) is 37.5 Å². The monoisotopic (exact) mass is 245 g/mol. The number of nitrogens with zero attached hydrogens (tertiary/aromatic N) is 2. The second-order valence-corrected chi connectivity index (χ2v) is 4.95. The van der Waals surface area contributed by atoms with E-state index in [1.54, 1.807) is 0 Å². The van der Waals surface area contributed by atoms with Gasteiger partial charge in [-0.15, -0.1) is 0 Å². The molecule has 0 aliphatic carbocycles. The molecule has 18 heavy (non-hydrogen) atoms. The molecule has 0 unspecified atom stereocenters. The second kappa shape index (κ2) is 5.53. The van der Waals surface area contributed by atoms with Crippen molar-refractivity contribution in [1.82, 2.24) is 9.55 Å². The van der Waals surface area contributed by atoms with Crippen LogP contribution in [0.1, 0.15) is 36.7 Å². The number of hydrogen-bond donors (Lipinski definition) is 1. The maximum atomic E-state index is 5.57. The molecule has 0 atom stereocenters. The number of hydrogen-bond acceptors (Lipinski definition) is 2. The molecule has 2 rings (SSSR count). The normalized spacial score (nSPS) is 11.3. The van der Waals surface area contributed by atoms with Gasteiger partial charge in [0.15, 0.2) is 0 Å². The SMILES string of the molecule is CCc1nc2cc(C)c(C)cc2n1CCCCN. The summed E-state index contributed by atoms with van der Waals surface area (Å²) in [7, 11) is 0. The van der Waals surface area contributed by atoms with Gasteiger partial charge in [0.25, 0.3) is 0 Å². The Labute approximate surface area is 109 Å². The van der Waals surface area contributed by atoms with E-state index in [0.717, 1.165) is 37.9 Å². The van der Waals surface area contributed by atoms with Gasteiger partial charge in [0, 0.05) is 13.0 Å². The van der Waals surface area contributed by atoms with E-state index >= 15 is 0 Å². The lowest BCUT2D eigenvalue weighted by Crippen LogP contribution is -2.06. The number of unbranched alkanes of at least 4 members (excludes halogenated alkanes) is 1. The molecule has 3 heteroatoms. The van der Waals surface area contributed by atoms with Crippen LogP contribution in [-0.4, -0.2) is 16.1 Å². The predicted octanol–water partition coefficient (Wildman–Crippen LogP) is 2.95. The Morgan fingerprint density at radius 1 is 1.17 bits per heavy atom. The molecular weight excluding hydrogens is 222 g/mol. The third-order valence-electron chi connectivity index (χ3n) is 3.59. The van der Waals surface area contributed by atoms with Crippen molar-refractivity contribution in [2.75, 3.05) is 6.54 Å². The van der Waals surface area contributed by atoms with Crippen molar-refractivity contribution in [2.45, 2.75) is 46.6 Å². The lowest BCUT2D eigenvalue weighted by atomic mass is 10.1. The summed E-state index contributed by atoms with van der Waals surface area (Å²) in [5, 5.41) is 0.